The molecule has 0 unspecified atom stereocenters. The highest BCUT2D eigenvalue weighted by Gasteiger charge is 2.15. The van der Waals surface area contributed by atoms with Crippen LogP contribution in [0.25, 0.3) is 0 Å². The van der Waals surface area contributed by atoms with Crippen molar-refractivity contribution in [2.45, 2.75) is 31.7 Å². The smallest absolute Gasteiger partial charge is 0.248 e. The normalized spacial score (nSPS) is 11.2. The van der Waals surface area contributed by atoms with Crippen LogP contribution in [-0.4, -0.2) is 26.8 Å². The van der Waals surface area contributed by atoms with Crippen LogP contribution in [0.15, 0.2) is 47.4 Å². The molecule has 4 N–H and O–H groups in total. The number of carbonyl (C=O) groups is 2. The molecule has 7 nitrogen and oxygen atoms in total. The third-order valence-electron chi connectivity index (χ3n) is 4.13. The lowest BCUT2D eigenvalue weighted by Crippen LogP contribution is -2.30. The third-order valence-corrected chi connectivity index (χ3v) is 5.59. The quantitative estimate of drug-likeness (QED) is 0.632. The Labute approximate surface area is 159 Å². The van der Waals surface area contributed by atoms with Gasteiger partial charge in [-0.15, -0.1) is 0 Å². The third kappa shape index (κ3) is 5.90. The minimum absolute atomic E-state index is 0.000413. The molecule has 0 saturated heterocycles. The van der Waals surface area contributed by atoms with Gasteiger partial charge in [0.15, 0.2) is 0 Å². The van der Waals surface area contributed by atoms with Crippen molar-refractivity contribution in [3.8, 4) is 0 Å². The number of carbonyl (C=O) groups excluding carboxylic acids is 2. The zero-order valence-electron chi connectivity index (χ0n) is 15.3. The lowest BCUT2D eigenvalue weighted by Gasteiger charge is -2.09. The zero-order chi connectivity index (χ0) is 20.0. The number of sulfonamides is 1. The van der Waals surface area contributed by atoms with Crippen molar-refractivity contribution in [3.63, 3.8) is 0 Å². The van der Waals surface area contributed by atoms with Crippen LogP contribution < -0.4 is 15.8 Å². The van der Waals surface area contributed by atoms with Gasteiger partial charge in [-0.05, 0) is 54.8 Å². The molecule has 2 rings (SSSR count). The summed E-state index contributed by atoms with van der Waals surface area (Å²) < 4.78 is 27.0. The molecule has 2 aromatic carbocycles. The average Bonchev–Trinajstić information content (AvgIpc) is 2.62. The van der Waals surface area contributed by atoms with Crippen LogP contribution >= 0.6 is 0 Å². The van der Waals surface area contributed by atoms with Crippen LogP contribution in [0.5, 0.6) is 0 Å². The number of benzene rings is 2. The van der Waals surface area contributed by atoms with E-state index >= 15 is 0 Å². The first-order valence-electron chi connectivity index (χ1n) is 8.41. The molecule has 0 spiro atoms. The van der Waals surface area contributed by atoms with Gasteiger partial charge >= 0.3 is 0 Å². The fraction of sp³-hybridized carbons (Fsp3) is 0.263. The van der Waals surface area contributed by atoms with Crippen LogP contribution in [0.3, 0.4) is 0 Å². The predicted octanol–water partition coefficient (Wildman–Crippen LogP) is 1.39. The molecule has 8 heteroatoms. The van der Waals surface area contributed by atoms with Crippen molar-refractivity contribution in [1.82, 2.24) is 10.0 Å². The first-order valence-corrected chi connectivity index (χ1v) is 9.90. The molecule has 0 aliphatic heterocycles. The minimum atomic E-state index is -3.66. The second-order valence-electron chi connectivity index (χ2n) is 6.24. The van der Waals surface area contributed by atoms with Crippen LogP contribution in [0, 0.1) is 13.8 Å². The van der Waals surface area contributed by atoms with Crippen LogP contribution in [0.2, 0.25) is 0 Å². The van der Waals surface area contributed by atoms with Crippen molar-refractivity contribution < 1.29 is 18.0 Å². The van der Waals surface area contributed by atoms with Crippen molar-refractivity contribution in [2.75, 3.05) is 6.54 Å². The van der Waals surface area contributed by atoms with E-state index in [2.05, 4.69) is 10.0 Å². The first-order chi connectivity index (χ1) is 12.7. The Kier molecular flexibility index (Phi) is 6.70. The van der Waals surface area contributed by atoms with Gasteiger partial charge in [-0.2, -0.15) is 0 Å². The summed E-state index contributed by atoms with van der Waals surface area (Å²) in [6.07, 6.45) is -0.000413. The van der Waals surface area contributed by atoms with Gasteiger partial charge in [0.1, 0.15) is 0 Å². The van der Waals surface area contributed by atoms with Crippen LogP contribution in [-0.2, 0) is 21.4 Å². The summed E-state index contributed by atoms with van der Waals surface area (Å²) >= 11 is 0. The molecule has 0 aliphatic carbocycles. The summed E-state index contributed by atoms with van der Waals surface area (Å²) in [6, 6.07) is 11.5. The number of hydrogen-bond acceptors (Lipinski definition) is 4. The maximum Gasteiger partial charge on any atom is 0.248 e. The van der Waals surface area contributed by atoms with E-state index in [4.69, 9.17) is 5.73 Å². The van der Waals surface area contributed by atoms with E-state index in [0.717, 1.165) is 16.7 Å². The van der Waals surface area contributed by atoms with Gasteiger partial charge in [-0.25, -0.2) is 13.1 Å². The monoisotopic (exact) mass is 389 g/mol. The lowest BCUT2D eigenvalue weighted by atomic mass is 10.1. The van der Waals surface area contributed by atoms with E-state index < -0.39 is 15.9 Å². The Bertz CT molecular complexity index is 955. The molecule has 0 radical (unpaired) electrons. The standard InChI is InChI=1S/C19H23N3O4S/c1-13-6-7-17(10-14(13)2)27(25,26)22-9-8-18(23)21-12-15-4-3-5-16(11-15)19(20)24/h3-7,10-11,22H,8-9,12H2,1-2H3,(H2,20,24)(H,21,23). The maximum atomic E-state index is 12.3. The molecule has 0 heterocycles. The molecule has 0 atom stereocenters. The highest BCUT2D eigenvalue weighted by atomic mass is 32.2. The maximum absolute atomic E-state index is 12.3. The van der Waals surface area contributed by atoms with E-state index in [1.165, 1.54) is 6.07 Å². The molecular weight excluding hydrogens is 366 g/mol. The summed E-state index contributed by atoms with van der Waals surface area (Å²) in [5, 5.41) is 2.68. The van der Waals surface area contributed by atoms with Gasteiger partial charge < -0.3 is 11.1 Å². The lowest BCUT2D eigenvalue weighted by molar-refractivity contribution is -0.121. The highest BCUT2D eigenvalue weighted by Crippen LogP contribution is 2.14. The van der Waals surface area contributed by atoms with Crippen molar-refractivity contribution in [1.29, 1.82) is 0 Å². The van der Waals surface area contributed by atoms with E-state index in [-0.39, 0.29) is 30.3 Å². The van der Waals surface area contributed by atoms with Crippen molar-refractivity contribution >= 4 is 21.8 Å². The molecular formula is C19H23N3O4S. The van der Waals surface area contributed by atoms with Gasteiger partial charge in [-0.3, -0.25) is 9.59 Å². The SMILES string of the molecule is Cc1ccc(S(=O)(=O)NCCC(=O)NCc2cccc(C(N)=O)c2)cc1C. The van der Waals surface area contributed by atoms with Crippen molar-refractivity contribution in [3.05, 3.63) is 64.7 Å². The summed E-state index contributed by atoms with van der Waals surface area (Å²) in [4.78, 5) is 23.2. The fourth-order valence-electron chi connectivity index (χ4n) is 2.39. The molecule has 2 amide bonds. The number of hydrogen-bond donors (Lipinski definition) is 3. The van der Waals surface area contributed by atoms with Crippen molar-refractivity contribution in [2.24, 2.45) is 5.73 Å². The Hall–Kier alpha value is -2.71. The number of rotatable bonds is 8. The molecule has 0 saturated carbocycles. The van der Waals surface area contributed by atoms with Gasteiger partial charge in [0.2, 0.25) is 21.8 Å². The topological polar surface area (TPSA) is 118 Å². The first kappa shape index (κ1) is 20.6. The Morgan fingerprint density at radius 1 is 1.04 bits per heavy atom. The summed E-state index contributed by atoms with van der Waals surface area (Å²) in [5.41, 5.74) is 8.21. The molecule has 0 bridgehead atoms. The highest BCUT2D eigenvalue weighted by molar-refractivity contribution is 7.89. The molecule has 144 valence electrons. The van der Waals surface area contributed by atoms with E-state index in [0.29, 0.717) is 5.56 Å². The molecule has 0 aromatic heterocycles. The van der Waals surface area contributed by atoms with Gasteiger partial charge in [0.05, 0.1) is 4.90 Å². The second-order valence-corrected chi connectivity index (χ2v) is 8.00. The number of nitrogens with two attached hydrogens (primary N) is 1. The number of aryl methyl sites for hydroxylation is 2. The Morgan fingerprint density at radius 3 is 2.44 bits per heavy atom. The average molecular weight is 389 g/mol. The summed E-state index contributed by atoms with van der Waals surface area (Å²) in [7, 11) is -3.66. The minimum Gasteiger partial charge on any atom is -0.366 e. The number of nitrogens with one attached hydrogen (secondary N) is 2. The van der Waals surface area contributed by atoms with E-state index in [9.17, 15) is 18.0 Å². The number of amides is 2. The number of primary amides is 1. The van der Waals surface area contributed by atoms with Gasteiger partial charge in [0, 0.05) is 25.1 Å². The van der Waals surface area contributed by atoms with Gasteiger partial charge in [0.25, 0.3) is 0 Å². The molecule has 0 aliphatic rings. The van der Waals surface area contributed by atoms with Gasteiger partial charge in [-0.1, -0.05) is 18.2 Å². The van der Waals surface area contributed by atoms with Crippen LogP contribution in [0.4, 0.5) is 0 Å². The van der Waals surface area contributed by atoms with E-state index in [1.54, 1.807) is 36.4 Å². The van der Waals surface area contributed by atoms with Crippen LogP contribution in [0.1, 0.15) is 33.5 Å². The largest absolute Gasteiger partial charge is 0.366 e. The van der Waals surface area contributed by atoms with E-state index in [1.807, 2.05) is 13.8 Å². The Morgan fingerprint density at radius 2 is 1.78 bits per heavy atom. The summed E-state index contributed by atoms with van der Waals surface area (Å²) in [5.74, 6) is -0.841. The predicted molar refractivity (Wildman–Crippen MR) is 103 cm³/mol. The fourth-order valence-corrected chi connectivity index (χ4v) is 3.50. The zero-order valence-corrected chi connectivity index (χ0v) is 16.1. The molecule has 27 heavy (non-hydrogen) atoms. The Balaban J connectivity index is 1.84. The summed E-state index contributed by atoms with van der Waals surface area (Å²) in [6.45, 7) is 3.96. The molecule has 2 aromatic rings. The molecule has 0 fully saturated rings. The second kappa shape index (κ2) is 8.79.